The smallest absolute Gasteiger partial charge is 0.0913 e. The Bertz CT molecular complexity index is 920. The van der Waals surface area contributed by atoms with Gasteiger partial charge in [-0.1, -0.05) is 62.4 Å². The maximum atomic E-state index is 5.22. The minimum absolute atomic E-state index is 0.00296. The topological polar surface area (TPSA) is 25.2 Å². The Morgan fingerprint density at radius 3 is 2.46 bits per heavy atom. The monoisotopic (exact) mass is 314 g/mol. The highest BCUT2D eigenvalue weighted by Crippen LogP contribution is 2.34. The molecule has 2 heteroatoms. The van der Waals surface area contributed by atoms with Crippen molar-refractivity contribution in [3.8, 4) is 0 Å². The van der Waals surface area contributed by atoms with Crippen molar-refractivity contribution in [1.82, 2.24) is 4.98 Å². The molecule has 0 bridgehead atoms. The highest BCUT2D eigenvalue weighted by Gasteiger charge is 2.32. The van der Waals surface area contributed by atoms with E-state index in [1.165, 1.54) is 16.5 Å². The summed E-state index contributed by atoms with van der Waals surface area (Å²) in [5, 5.41) is 1.17. The van der Waals surface area contributed by atoms with Gasteiger partial charge < -0.3 is 0 Å². The predicted molar refractivity (Wildman–Crippen MR) is 101 cm³/mol. The molecule has 0 atom stereocenters. The van der Waals surface area contributed by atoms with Gasteiger partial charge in [-0.05, 0) is 37.0 Å². The van der Waals surface area contributed by atoms with Gasteiger partial charge in [-0.3, -0.25) is 4.99 Å². The van der Waals surface area contributed by atoms with Crippen LogP contribution < -0.4 is 0 Å². The standard InChI is InChI=1S/C22H22N2/c1-3-22(4-2)15-17-10-5-7-11-18(17)21(24-22)20-14-13-16-9-6-8-12-19(16)23-20/h5-14H,3-4,15H2,1-2H3. The predicted octanol–water partition coefficient (Wildman–Crippen LogP) is 5.19. The summed E-state index contributed by atoms with van der Waals surface area (Å²) in [7, 11) is 0. The number of pyridine rings is 1. The van der Waals surface area contributed by atoms with Gasteiger partial charge >= 0.3 is 0 Å². The van der Waals surface area contributed by atoms with Gasteiger partial charge in [-0.25, -0.2) is 4.98 Å². The average Bonchev–Trinajstić information content (AvgIpc) is 2.66. The fraction of sp³-hybridized carbons (Fsp3) is 0.273. The summed E-state index contributed by atoms with van der Waals surface area (Å²) in [5.41, 5.74) is 5.67. The first-order chi connectivity index (χ1) is 11.7. The molecular weight excluding hydrogens is 292 g/mol. The lowest BCUT2D eigenvalue weighted by molar-refractivity contribution is 0.392. The van der Waals surface area contributed by atoms with Crippen molar-refractivity contribution < 1.29 is 0 Å². The number of hydrogen-bond acceptors (Lipinski definition) is 2. The van der Waals surface area contributed by atoms with Crippen LogP contribution in [0.1, 0.15) is 43.5 Å². The molecule has 24 heavy (non-hydrogen) atoms. The maximum Gasteiger partial charge on any atom is 0.0913 e. The number of hydrogen-bond donors (Lipinski definition) is 0. The van der Waals surface area contributed by atoms with Crippen LogP contribution in [-0.4, -0.2) is 16.2 Å². The molecule has 3 aromatic rings. The first-order valence-electron chi connectivity index (χ1n) is 8.79. The van der Waals surface area contributed by atoms with Crippen LogP contribution >= 0.6 is 0 Å². The molecule has 1 aromatic heterocycles. The number of fused-ring (bicyclic) bond motifs is 2. The molecule has 2 nitrogen and oxygen atoms in total. The van der Waals surface area contributed by atoms with Crippen molar-refractivity contribution in [3.05, 3.63) is 77.5 Å². The number of rotatable bonds is 3. The molecule has 2 aromatic carbocycles. The van der Waals surface area contributed by atoms with Crippen LogP contribution in [0.25, 0.3) is 10.9 Å². The molecule has 0 saturated carbocycles. The molecule has 0 saturated heterocycles. The number of aromatic nitrogens is 1. The SMILES string of the molecule is CCC1(CC)Cc2ccccc2C(c2ccc3ccccc3n2)=N1. The lowest BCUT2D eigenvalue weighted by Gasteiger charge is -2.34. The lowest BCUT2D eigenvalue weighted by atomic mass is 9.80. The molecule has 0 amide bonds. The van der Waals surface area contributed by atoms with E-state index < -0.39 is 0 Å². The second kappa shape index (κ2) is 5.86. The minimum atomic E-state index is -0.00296. The van der Waals surface area contributed by atoms with Crippen LogP contribution in [0.3, 0.4) is 0 Å². The van der Waals surface area contributed by atoms with E-state index in [0.29, 0.717) is 0 Å². The highest BCUT2D eigenvalue weighted by molar-refractivity contribution is 6.14. The maximum absolute atomic E-state index is 5.22. The molecule has 4 rings (SSSR count). The van der Waals surface area contributed by atoms with E-state index in [4.69, 9.17) is 9.98 Å². The Morgan fingerprint density at radius 2 is 1.62 bits per heavy atom. The zero-order valence-electron chi connectivity index (χ0n) is 14.3. The van der Waals surface area contributed by atoms with E-state index in [1.807, 2.05) is 6.07 Å². The summed E-state index contributed by atoms with van der Waals surface area (Å²) in [4.78, 5) is 10.1. The first kappa shape index (κ1) is 15.1. The minimum Gasteiger partial charge on any atom is -0.275 e. The molecule has 0 fully saturated rings. The van der Waals surface area contributed by atoms with Gasteiger partial charge in [0.05, 0.1) is 22.5 Å². The van der Waals surface area contributed by atoms with Crippen molar-refractivity contribution >= 4 is 16.6 Å². The van der Waals surface area contributed by atoms with Crippen molar-refractivity contribution in [3.63, 3.8) is 0 Å². The fourth-order valence-electron chi connectivity index (χ4n) is 3.65. The molecule has 1 aliphatic heterocycles. The Hall–Kier alpha value is -2.48. The summed E-state index contributed by atoms with van der Waals surface area (Å²) in [6.07, 6.45) is 3.12. The van der Waals surface area contributed by atoms with Crippen molar-refractivity contribution in [1.29, 1.82) is 0 Å². The van der Waals surface area contributed by atoms with Gasteiger partial charge in [0.1, 0.15) is 0 Å². The van der Waals surface area contributed by atoms with E-state index in [9.17, 15) is 0 Å². The van der Waals surface area contributed by atoms with Crippen LogP contribution in [0, 0.1) is 0 Å². The van der Waals surface area contributed by atoms with Crippen LogP contribution in [0.5, 0.6) is 0 Å². The molecule has 0 N–H and O–H groups in total. The van der Waals surface area contributed by atoms with Crippen LogP contribution in [0.4, 0.5) is 0 Å². The number of para-hydroxylation sites is 1. The van der Waals surface area contributed by atoms with Crippen molar-refractivity contribution in [2.24, 2.45) is 4.99 Å². The summed E-state index contributed by atoms with van der Waals surface area (Å²) >= 11 is 0. The fourth-order valence-corrected chi connectivity index (χ4v) is 3.65. The molecule has 0 aliphatic carbocycles. The van der Waals surface area contributed by atoms with E-state index >= 15 is 0 Å². The molecule has 120 valence electrons. The van der Waals surface area contributed by atoms with Crippen LogP contribution in [0.15, 0.2) is 65.7 Å². The van der Waals surface area contributed by atoms with E-state index in [2.05, 4.69) is 68.4 Å². The van der Waals surface area contributed by atoms with E-state index in [0.717, 1.165) is 36.2 Å². The summed E-state index contributed by atoms with van der Waals surface area (Å²) in [6.45, 7) is 4.48. The van der Waals surface area contributed by atoms with Gasteiger partial charge in [-0.2, -0.15) is 0 Å². The van der Waals surface area contributed by atoms with Gasteiger partial charge in [0, 0.05) is 10.9 Å². The zero-order valence-corrected chi connectivity index (χ0v) is 14.3. The zero-order chi connectivity index (χ0) is 16.6. The van der Waals surface area contributed by atoms with Crippen LogP contribution in [0.2, 0.25) is 0 Å². The van der Waals surface area contributed by atoms with E-state index in [-0.39, 0.29) is 5.54 Å². The highest BCUT2D eigenvalue weighted by atomic mass is 14.9. The second-order valence-electron chi connectivity index (χ2n) is 6.61. The number of nitrogens with zero attached hydrogens (tertiary/aromatic N) is 2. The van der Waals surface area contributed by atoms with Gasteiger partial charge in [-0.15, -0.1) is 0 Å². The number of aliphatic imine (C=N–C) groups is 1. The van der Waals surface area contributed by atoms with E-state index in [1.54, 1.807) is 0 Å². The normalized spacial score (nSPS) is 15.8. The molecule has 1 aliphatic rings. The number of benzene rings is 2. The summed E-state index contributed by atoms with van der Waals surface area (Å²) in [5.74, 6) is 0. The summed E-state index contributed by atoms with van der Waals surface area (Å²) in [6, 6.07) is 21.2. The largest absolute Gasteiger partial charge is 0.275 e. The average molecular weight is 314 g/mol. The van der Waals surface area contributed by atoms with Crippen LogP contribution in [-0.2, 0) is 6.42 Å². The molecule has 0 unspecified atom stereocenters. The molecular formula is C22H22N2. The van der Waals surface area contributed by atoms with Gasteiger partial charge in [0.15, 0.2) is 0 Å². The first-order valence-corrected chi connectivity index (χ1v) is 8.79. The molecule has 0 spiro atoms. The van der Waals surface area contributed by atoms with Crippen molar-refractivity contribution in [2.45, 2.75) is 38.6 Å². The molecule has 2 heterocycles. The second-order valence-corrected chi connectivity index (χ2v) is 6.61. The third-order valence-corrected chi connectivity index (χ3v) is 5.30. The Kier molecular flexibility index (Phi) is 3.68. The Labute approximate surface area is 143 Å². The Balaban J connectivity index is 1.93. The Morgan fingerprint density at radius 1 is 0.875 bits per heavy atom. The summed E-state index contributed by atoms with van der Waals surface area (Å²) < 4.78 is 0. The molecule has 0 radical (unpaired) electrons. The quantitative estimate of drug-likeness (QED) is 0.653. The van der Waals surface area contributed by atoms with Gasteiger partial charge in [0.25, 0.3) is 0 Å². The van der Waals surface area contributed by atoms with Crippen molar-refractivity contribution in [2.75, 3.05) is 0 Å². The van der Waals surface area contributed by atoms with Gasteiger partial charge in [0.2, 0.25) is 0 Å². The third-order valence-electron chi connectivity index (χ3n) is 5.30. The lowest BCUT2D eigenvalue weighted by Crippen LogP contribution is -2.34. The third kappa shape index (κ3) is 2.43.